The first-order valence-corrected chi connectivity index (χ1v) is 17.9. The monoisotopic (exact) mass is 644 g/mol. The summed E-state index contributed by atoms with van der Waals surface area (Å²) in [4.78, 5) is 28.9. The van der Waals surface area contributed by atoms with Gasteiger partial charge in [0.2, 0.25) is 5.91 Å². The van der Waals surface area contributed by atoms with Gasteiger partial charge < -0.3 is 31.7 Å². The summed E-state index contributed by atoms with van der Waals surface area (Å²) in [5.41, 5.74) is 13.8. The van der Waals surface area contributed by atoms with Gasteiger partial charge in [-0.2, -0.15) is 0 Å². The Morgan fingerprint density at radius 3 is 2.28 bits per heavy atom. The van der Waals surface area contributed by atoms with E-state index in [9.17, 15) is 19.8 Å². The van der Waals surface area contributed by atoms with Crippen molar-refractivity contribution in [2.24, 2.45) is 51.4 Å². The zero-order chi connectivity index (χ0) is 34.0. The van der Waals surface area contributed by atoms with Gasteiger partial charge in [0.05, 0.1) is 12.2 Å². The van der Waals surface area contributed by atoms with Crippen LogP contribution in [-0.2, 0) is 14.3 Å². The van der Waals surface area contributed by atoms with E-state index in [4.69, 9.17) is 16.2 Å². The maximum absolute atomic E-state index is 14.2. The summed E-state index contributed by atoms with van der Waals surface area (Å²) >= 11 is 0. The second kappa shape index (κ2) is 14.8. The number of nitrogens with one attached hydrogen (secondary N) is 1. The molecule has 4 saturated carbocycles. The second-order valence-corrected chi connectivity index (χ2v) is 16.0. The number of rotatable bonds is 12. The predicted octanol–water partition coefficient (Wildman–Crippen LogP) is 3.92. The Balaban J connectivity index is 1.75. The minimum atomic E-state index is -0.549. The first kappa shape index (κ1) is 37.0. The van der Waals surface area contributed by atoms with Gasteiger partial charge in [0, 0.05) is 51.8 Å². The van der Waals surface area contributed by atoms with Crippen molar-refractivity contribution in [2.45, 2.75) is 118 Å². The number of fused-ring (bicyclic) bond motifs is 5. The molecular formula is C37H64N4O5. The van der Waals surface area contributed by atoms with Crippen molar-refractivity contribution in [3.05, 3.63) is 22.8 Å². The average molecular weight is 645 g/mol. The lowest BCUT2D eigenvalue weighted by molar-refractivity contribution is -0.234. The van der Waals surface area contributed by atoms with Crippen molar-refractivity contribution in [1.29, 1.82) is 0 Å². The number of carbonyl (C=O) groups excluding carboxylic acids is 2. The molecule has 0 radical (unpaired) electrons. The standard InChI is InChI=1S/C37H64N4O5/c1-23(2)9-8-10-26(34(45)40-17-20-41(18-15-38)19-16-39)32-28-21-30(44)33-35(5)13-12-29(43)24(3)27(35)11-14-36(33,6)37(28,7)22-31(32)46-25(4)42/h9,24,27-31,33,43-44H,8,10-22,38-39H2,1-7H3,(H,40,45)/b32-26-/t24-,27?,28?,29+,30+,31-,33-,35-,36-,37-/m0/s1. The molecule has 2 unspecified atom stereocenters. The van der Waals surface area contributed by atoms with Gasteiger partial charge in [-0.1, -0.05) is 39.3 Å². The normalized spacial score (nSPS) is 39.6. The number of allylic oxidation sites excluding steroid dienone is 2. The van der Waals surface area contributed by atoms with Crippen molar-refractivity contribution >= 4 is 11.9 Å². The van der Waals surface area contributed by atoms with Gasteiger partial charge in [-0.25, -0.2) is 0 Å². The molecule has 0 aliphatic heterocycles. The highest BCUT2D eigenvalue weighted by molar-refractivity contribution is 5.94. The molecule has 7 N–H and O–H groups in total. The summed E-state index contributed by atoms with van der Waals surface area (Å²) in [6, 6.07) is 0. The van der Waals surface area contributed by atoms with E-state index >= 15 is 0 Å². The van der Waals surface area contributed by atoms with E-state index in [1.54, 1.807) is 0 Å². The highest BCUT2D eigenvalue weighted by Gasteiger charge is 2.70. The Kier molecular flexibility index (Phi) is 11.9. The molecule has 9 heteroatoms. The van der Waals surface area contributed by atoms with Crippen LogP contribution in [0.3, 0.4) is 0 Å². The van der Waals surface area contributed by atoms with Crippen molar-refractivity contribution in [2.75, 3.05) is 39.3 Å². The highest BCUT2D eigenvalue weighted by Crippen LogP contribution is 2.74. The van der Waals surface area contributed by atoms with Crippen LogP contribution in [0.15, 0.2) is 22.8 Å². The van der Waals surface area contributed by atoms with Crippen LogP contribution in [0.5, 0.6) is 0 Å². The highest BCUT2D eigenvalue weighted by atomic mass is 16.5. The SMILES string of the molecule is CC(=O)O[C@H]1C[C@@]2(C)C(C[C@@H](O)[C@H]3[C@@]4(C)CC[C@@H](O)[C@@H](C)C4CC[C@@]32C)/C1=C(\CCC=C(C)C)C(=O)NCCN(CCN)CCN. The summed E-state index contributed by atoms with van der Waals surface area (Å²) in [7, 11) is 0. The Morgan fingerprint density at radius 2 is 1.67 bits per heavy atom. The van der Waals surface area contributed by atoms with Crippen LogP contribution in [0.4, 0.5) is 0 Å². The van der Waals surface area contributed by atoms with Crippen molar-refractivity contribution in [1.82, 2.24) is 10.2 Å². The van der Waals surface area contributed by atoms with Gasteiger partial charge in [-0.3, -0.25) is 14.5 Å². The van der Waals surface area contributed by atoms with Gasteiger partial charge in [-0.15, -0.1) is 0 Å². The molecule has 0 aromatic heterocycles. The predicted molar refractivity (Wildman–Crippen MR) is 182 cm³/mol. The number of nitrogens with zero attached hydrogens (tertiary/aromatic N) is 1. The Morgan fingerprint density at radius 1 is 1.00 bits per heavy atom. The smallest absolute Gasteiger partial charge is 0.303 e. The van der Waals surface area contributed by atoms with Gasteiger partial charge >= 0.3 is 5.97 Å². The van der Waals surface area contributed by atoms with Crippen molar-refractivity contribution in [3.63, 3.8) is 0 Å². The minimum Gasteiger partial charge on any atom is -0.458 e. The number of ether oxygens (including phenoxy) is 1. The molecule has 10 atom stereocenters. The number of carbonyl (C=O) groups is 2. The molecular weight excluding hydrogens is 580 g/mol. The third-order valence-electron chi connectivity index (χ3n) is 13.2. The zero-order valence-electron chi connectivity index (χ0n) is 29.7. The maximum Gasteiger partial charge on any atom is 0.303 e. The molecule has 0 saturated heterocycles. The molecule has 0 spiro atoms. The molecule has 262 valence electrons. The van der Waals surface area contributed by atoms with E-state index in [-0.39, 0.29) is 52.0 Å². The summed E-state index contributed by atoms with van der Waals surface area (Å²) in [6.45, 7) is 18.4. The third kappa shape index (κ3) is 6.87. The maximum atomic E-state index is 14.2. The number of esters is 1. The molecule has 1 amide bonds. The molecule has 9 nitrogen and oxygen atoms in total. The van der Waals surface area contributed by atoms with Crippen LogP contribution in [0.1, 0.15) is 99.8 Å². The molecule has 4 fully saturated rings. The molecule has 4 rings (SSSR count). The summed E-state index contributed by atoms with van der Waals surface area (Å²) < 4.78 is 6.13. The lowest BCUT2D eigenvalue weighted by atomic mass is 9.36. The molecule has 46 heavy (non-hydrogen) atoms. The first-order valence-electron chi connectivity index (χ1n) is 17.9. The number of nitrogens with two attached hydrogens (primary N) is 2. The third-order valence-corrected chi connectivity index (χ3v) is 13.2. The van der Waals surface area contributed by atoms with Gasteiger partial charge in [0.1, 0.15) is 6.10 Å². The molecule has 0 aromatic carbocycles. The molecule has 4 aliphatic rings. The largest absolute Gasteiger partial charge is 0.458 e. The first-order chi connectivity index (χ1) is 21.6. The van der Waals surface area contributed by atoms with Crippen LogP contribution in [0.2, 0.25) is 0 Å². The lowest BCUT2D eigenvalue weighted by Gasteiger charge is -2.69. The second-order valence-electron chi connectivity index (χ2n) is 16.0. The zero-order valence-corrected chi connectivity index (χ0v) is 29.7. The Labute approximate surface area is 277 Å². The van der Waals surface area contributed by atoms with Gasteiger partial charge in [0.25, 0.3) is 0 Å². The van der Waals surface area contributed by atoms with Crippen LogP contribution in [-0.4, -0.2) is 84.6 Å². The number of aliphatic hydroxyl groups excluding tert-OH is 2. The minimum absolute atomic E-state index is 0.0614. The fourth-order valence-corrected chi connectivity index (χ4v) is 10.9. The molecule has 0 heterocycles. The van der Waals surface area contributed by atoms with E-state index in [1.165, 1.54) is 12.5 Å². The summed E-state index contributed by atoms with van der Waals surface area (Å²) in [5, 5.41) is 26.2. The van der Waals surface area contributed by atoms with Crippen LogP contribution in [0.25, 0.3) is 0 Å². The Hall–Kier alpha value is -1.78. The number of hydrogen-bond donors (Lipinski definition) is 5. The number of amides is 1. The molecule has 0 bridgehead atoms. The van der Waals surface area contributed by atoms with Crippen LogP contribution >= 0.6 is 0 Å². The lowest BCUT2D eigenvalue weighted by Crippen LogP contribution is -2.65. The van der Waals surface area contributed by atoms with Crippen molar-refractivity contribution in [3.8, 4) is 0 Å². The topological polar surface area (TPSA) is 151 Å². The van der Waals surface area contributed by atoms with E-state index in [2.05, 4.69) is 57.8 Å². The summed E-state index contributed by atoms with van der Waals surface area (Å²) in [5.74, 6) is 0.0651. The fourth-order valence-electron chi connectivity index (χ4n) is 10.9. The number of hydrogen-bond acceptors (Lipinski definition) is 8. The number of aliphatic hydroxyl groups is 2. The summed E-state index contributed by atoms with van der Waals surface area (Å²) in [6.07, 6.45) is 6.85. The average Bonchev–Trinajstić information content (AvgIpc) is 3.24. The molecule has 4 aliphatic carbocycles. The van der Waals surface area contributed by atoms with Gasteiger partial charge in [-0.05, 0) is 111 Å². The van der Waals surface area contributed by atoms with E-state index in [0.29, 0.717) is 76.4 Å². The van der Waals surface area contributed by atoms with E-state index in [1.807, 2.05) is 0 Å². The van der Waals surface area contributed by atoms with Crippen LogP contribution in [0, 0.1) is 39.9 Å². The molecule has 0 aromatic rings. The quantitative estimate of drug-likeness (QED) is 0.122. The van der Waals surface area contributed by atoms with E-state index < -0.39 is 12.2 Å². The fraction of sp³-hybridized carbons (Fsp3) is 0.838. The van der Waals surface area contributed by atoms with Gasteiger partial charge in [0.15, 0.2) is 0 Å². The van der Waals surface area contributed by atoms with Crippen LogP contribution < -0.4 is 16.8 Å². The van der Waals surface area contributed by atoms with E-state index in [0.717, 1.165) is 31.3 Å². The Bertz CT molecular complexity index is 1160. The van der Waals surface area contributed by atoms with Crippen molar-refractivity contribution < 1.29 is 24.5 Å².